The summed E-state index contributed by atoms with van der Waals surface area (Å²) in [6.45, 7) is 2.38. The molecule has 0 saturated carbocycles. The summed E-state index contributed by atoms with van der Waals surface area (Å²) in [7, 11) is 1.71. The molecule has 2 heteroatoms. The number of methoxy groups -OCH3 is 1. The molecule has 0 spiro atoms. The smallest absolute Gasteiger partial charge is 0.120 e. The molecule has 70 valence electrons. The molecule has 1 aliphatic heterocycles. The van der Waals surface area contributed by atoms with Crippen LogP contribution >= 0.6 is 0 Å². The molecule has 0 aliphatic carbocycles. The number of hydrogen-bond acceptors (Lipinski definition) is 2. The van der Waals surface area contributed by atoms with Crippen LogP contribution in [0.25, 0.3) is 0 Å². The van der Waals surface area contributed by atoms with Crippen molar-refractivity contribution in [3.05, 3.63) is 24.3 Å². The Morgan fingerprint density at radius 3 is 2.69 bits per heavy atom. The van der Waals surface area contributed by atoms with Crippen LogP contribution in [0.5, 0.6) is 5.75 Å². The van der Waals surface area contributed by atoms with Gasteiger partial charge in [-0.1, -0.05) is 6.07 Å². The lowest BCUT2D eigenvalue weighted by atomic mass is 10.3. The lowest BCUT2D eigenvalue weighted by Crippen LogP contribution is -2.17. The summed E-state index contributed by atoms with van der Waals surface area (Å²) in [6.07, 6.45) is 2.63. The fourth-order valence-corrected chi connectivity index (χ4v) is 1.78. The molecule has 1 fully saturated rings. The predicted molar refractivity (Wildman–Crippen MR) is 54.4 cm³/mol. The highest BCUT2D eigenvalue weighted by Crippen LogP contribution is 2.23. The molecule has 2 rings (SSSR count). The van der Waals surface area contributed by atoms with Crippen molar-refractivity contribution in [3.8, 4) is 5.75 Å². The first-order valence-corrected chi connectivity index (χ1v) is 4.79. The van der Waals surface area contributed by atoms with Crippen LogP contribution in [0.3, 0.4) is 0 Å². The minimum atomic E-state index is 0.949. The summed E-state index contributed by atoms with van der Waals surface area (Å²) >= 11 is 0. The Morgan fingerprint density at radius 2 is 2.00 bits per heavy atom. The first-order valence-electron chi connectivity index (χ1n) is 4.79. The second-order valence-electron chi connectivity index (χ2n) is 3.40. The van der Waals surface area contributed by atoms with Crippen LogP contribution in [0.2, 0.25) is 0 Å². The Kier molecular flexibility index (Phi) is 2.39. The van der Waals surface area contributed by atoms with Crippen molar-refractivity contribution in [2.75, 3.05) is 25.1 Å². The molecule has 1 aliphatic rings. The van der Waals surface area contributed by atoms with Gasteiger partial charge in [-0.15, -0.1) is 0 Å². The normalized spacial score (nSPS) is 16.2. The Morgan fingerprint density at radius 1 is 1.23 bits per heavy atom. The number of ether oxygens (including phenoxy) is 1. The molecule has 2 nitrogen and oxygen atoms in total. The lowest BCUT2D eigenvalue weighted by Gasteiger charge is -2.17. The van der Waals surface area contributed by atoms with Crippen molar-refractivity contribution in [1.29, 1.82) is 0 Å². The zero-order valence-electron chi connectivity index (χ0n) is 7.99. The Bertz CT molecular complexity index is 279. The van der Waals surface area contributed by atoms with Gasteiger partial charge in [0.1, 0.15) is 5.75 Å². The summed E-state index contributed by atoms with van der Waals surface area (Å²) in [5.74, 6) is 0.949. The molecule has 1 saturated heterocycles. The van der Waals surface area contributed by atoms with E-state index in [1.807, 2.05) is 12.1 Å². The highest BCUT2D eigenvalue weighted by molar-refractivity contribution is 5.51. The molecule has 0 bridgehead atoms. The third-order valence-electron chi connectivity index (χ3n) is 2.52. The van der Waals surface area contributed by atoms with Crippen LogP contribution in [-0.2, 0) is 0 Å². The SMILES string of the molecule is COc1cccc(N2CCCC2)c1. The largest absolute Gasteiger partial charge is 0.497 e. The van der Waals surface area contributed by atoms with Gasteiger partial charge in [-0.2, -0.15) is 0 Å². The Labute approximate surface area is 79.1 Å². The highest BCUT2D eigenvalue weighted by atomic mass is 16.5. The summed E-state index contributed by atoms with van der Waals surface area (Å²) < 4.78 is 5.19. The second kappa shape index (κ2) is 3.69. The molecule has 0 atom stereocenters. The number of anilines is 1. The maximum atomic E-state index is 5.19. The quantitative estimate of drug-likeness (QED) is 0.687. The predicted octanol–water partition coefficient (Wildman–Crippen LogP) is 2.30. The van der Waals surface area contributed by atoms with Gasteiger partial charge in [-0.3, -0.25) is 0 Å². The molecule has 0 N–H and O–H groups in total. The molecule has 0 amide bonds. The van der Waals surface area contributed by atoms with E-state index >= 15 is 0 Å². The van der Waals surface area contributed by atoms with Gasteiger partial charge in [0.05, 0.1) is 7.11 Å². The maximum absolute atomic E-state index is 5.19. The number of hydrogen-bond donors (Lipinski definition) is 0. The third kappa shape index (κ3) is 1.77. The Balaban J connectivity index is 2.18. The van der Waals surface area contributed by atoms with Crippen LogP contribution in [0.15, 0.2) is 24.3 Å². The molecule has 1 heterocycles. The molecule has 1 aromatic carbocycles. The van der Waals surface area contributed by atoms with E-state index in [2.05, 4.69) is 17.0 Å². The average molecular weight is 177 g/mol. The Hall–Kier alpha value is -1.18. The summed E-state index contributed by atoms with van der Waals surface area (Å²) in [5.41, 5.74) is 1.29. The molecular weight excluding hydrogens is 162 g/mol. The van der Waals surface area contributed by atoms with E-state index in [4.69, 9.17) is 4.74 Å². The van der Waals surface area contributed by atoms with Crippen molar-refractivity contribution in [1.82, 2.24) is 0 Å². The summed E-state index contributed by atoms with van der Waals surface area (Å²) in [4.78, 5) is 2.41. The van der Waals surface area contributed by atoms with Crippen LogP contribution < -0.4 is 9.64 Å². The van der Waals surface area contributed by atoms with Crippen LogP contribution in [0.4, 0.5) is 5.69 Å². The zero-order chi connectivity index (χ0) is 9.10. The third-order valence-corrected chi connectivity index (χ3v) is 2.52. The van der Waals surface area contributed by atoms with Crippen LogP contribution in [-0.4, -0.2) is 20.2 Å². The molecule has 1 aromatic rings. The first-order chi connectivity index (χ1) is 6.40. The number of rotatable bonds is 2. The monoisotopic (exact) mass is 177 g/mol. The minimum absolute atomic E-state index is 0.949. The van der Waals surface area contributed by atoms with Crippen molar-refractivity contribution in [2.45, 2.75) is 12.8 Å². The molecule has 0 aromatic heterocycles. The van der Waals surface area contributed by atoms with Gasteiger partial charge >= 0.3 is 0 Å². The van der Waals surface area contributed by atoms with Gasteiger partial charge < -0.3 is 9.64 Å². The molecule has 0 radical (unpaired) electrons. The van der Waals surface area contributed by atoms with E-state index in [-0.39, 0.29) is 0 Å². The summed E-state index contributed by atoms with van der Waals surface area (Å²) in [5, 5.41) is 0. The second-order valence-corrected chi connectivity index (χ2v) is 3.40. The fraction of sp³-hybridized carbons (Fsp3) is 0.455. The van der Waals surface area contributed by atoms with E-state index < -0.39 is 0 Å². The van der Waals surface area contributed by atoms with Gasteiger partial charge in [-0.05, 0) is 25.0 Å². The molecule has 13 heavy (non-hydrogen) atoms. The standard InChI is InChI=1S/C11H15NO/c1-13-11-6-4-5-10(9-11)12-7-2-3-8-12/h4-6,9H,2-3,7-8H2,1H3. The van der Waals surface area contributed by atoms with E-state index in [1.54, 1.807) is 7.11 Å². The number of benzene rings is 1. The van der Waals surface area contributed by atoms with Crippen molar-refractivity contribution < 1.29 is 4.74 Å². The summed E-state index contributed by atoms with van der Waals surface area (Å²) in [6, 6.07) is 8.28. The van der Waals surface area contributed by atoms with Gasteiger partial charge in [0, 0.05) is 24.8 Å². The van der Waals surface area contributed by atoms with E-state index in [0.717, 1.165) is 5.75 Å². The van der Waals surface area contributed by atoms with Crippen molar-refractivity contribution >= 4 is 5.69 Å². The van der Waals surface area contributed by atoms with E-state index in [9.17, 15) is 0 Å². The number of nitrogens with zero attached hydrogens (tertiary/aromatic N) is 1. The van der Waals surface area contributed by atoms with E-state index in [1.165, 1.54) is 31.6 Å². The zero-order valence-corrected chi connectivity index (χ0v) is 7.99. The van der Waals surface area contributed by atoms with Gasteiger partial charge in [0.2, 0.25) is 0 Å². The highest BCUT2D eigenvalue weighted by Gasteiger charge is 2.11. The van der Waals surface area contributed by atoms with Gasteiger partial charge in [0.15, 0.2) is 0 Å². The average Bonchev–Trinajstić information content (AvgIpc) is 2.71. The molecule has 0 unspecified atom stereocenters. The van der Waals surface area contributed by atoms with Gasteiger partial charge in [-0.25, -0.2) is 0 Å². The fourth-order valence-electron chi connectivity index (χ4n) is 1.78. The van der Waals surface area contributed by atoms with Crippen molar-refractivity contribution in [2.24, 2.45) is 0 Å². The minimum Gasteiger partial charge on any atom is -0.497 e. The lowest BCUT2D eigenvalue weighted by molar-refractivity contribution is 0.415. The van der Waals surface area contributed by atoms with Gasteiger partial charge in [0.25, 0.3) is 0 Å². The maximum Gasteiger partial charge on any atom is 0.120 e. The first kappa shape index (κ1) is 8.42. The van der Waals surface area contributed by atoms with Crippen molar-refractivity contribution in [3.63, 3.8) is 0 Å². The van der Waals surface area contributed by atoms with Crippen LogP contribution in [0.1, 0.15) is 12.8 Å². The van der Waals surface area contributed by atoms with Crippen LogP contribution in [0, 0.1) is 0 Å². The van der Waals surface area contributed by atoms with E-state index in [0.29, 0.717) is 0 Å². The topological polar surface area (TPSA) is 12.5 Å². The molecular formula is C11H15NO.